The van der Waals surface area contributed by atoms with Crippen molar-refractivity contribution in [1.82, 2.24) is 5.32 Å². The lowest BCUT2D eigenvalue weighted by atomic mass is 10.0. The van der Waals surface area contributed by atoms with Crippen molar-refractivity contribution in [2.75, 3.05) is 19.3 Å². The van der Waals surface area contributed by atoms with E-state index in [9.17, 15) is 10.2 Å². The first kappa shape index (κ1) is 13.3. The molecule has 0 aliphatic rings. The number of likely N-dealkylation sites (N-methyl/N-ethyl adjacent to an activating group) is 1. The maximum atomic E-state index is 9.90. The first-order valence-electron chi connectivity index (χ1n) is 5.04. The molecular weight excluding hydrogens is 228 g/mol. The zero-order valence-electron chi connectivity index (χ0n) is 9.37. The number of rotatable bonds is 4. The minimum absolute atomic E-state index is 0.293. The molecule has 0 amide bonds. The van der Waals surface area contributed by atoms with Gasteiger partial charge in [0.05, 0.1) is 11.1 Å². The third-order valence-corrected chi connectivity index (χ3v) is 3.06. The van der Waals surface area contributed by atoms with Crippen molar-refractivity contribution >= 4 is 17.3 Å². The van der Waals surface area contributed by atoms with Crippen molar-refractivity contribution in [3.63, 3.8) is 0 Å². The highest BCUT2D eigenvalue weighted by molar-refractivity contribution is 6.32. The molecule has 4 nitrogen and oxygen atoms in total. The summed E-state index contributed by atoms with van der Waals surface area (Å²) >= 11 is 6.07. The summed E-state index contributed by atoms with van der Waals surface area (Å²) in [6.45, 7) is 2.07. The van der Waals surface area contributed by atoms with Crippen molar-refractivity contribution in [3.05, 3.63) is 28.3 Å². The Balaban J connectivity index is 3.00. The normalized spacial score (nSPS) is 14.8. The number of benzene rings is 1. The minimum Gasteiger partial charge on any atom is -0.398 e. The molecule has 5 N–H and O–H groups in total. The van der Waals surface area contributed by atoms with E-state index in [4.69, 9.17) is 17.3 Å². The van der Waals surface area contributed by atoms with Crippen molar-refractivity contribution in [2.24, 2.45) is 0 Å². The van der Waals surface area contributed by atoms with Gasteiger partial charge in [0.15, 0.2) is 0 Å². The minimum atomic E-state index is -1.01. The van der Waals surface area contributed by atoms with E-state index in [1.807, 2.05) is 0 Å². The third kappa shape index (κ3) is 2.65. The number of nitrogens with two attached hydrogens (primary N) is 1. The molecule has 0 bridgehead atoms. The molecule has 1 aromatic rings. The van der Waals surface area contributed by atoms with Gasteiger partial charge in [-0.2, -0.15) is 0 Å². The molecule has 0 aliphatic heterocycles. The molecule has 90 valence electrons. The molecule has 0 saturated carbocycles. The maximum absolute atomic E-state index is 9.90. The number of anilines is 1. The van der Waals surface area contributed by atoms with Gasteiger partial charge in [0.1, 0.15) is 6.10 Å². The molecule has 2 atom stereocenters. The predicted octanol–water partition coefficient (Wildman–Crippen LogP) is 0.844. The Labute approximate surface area is 100 Å². The number of halogens is 1. The van der Waals surface area contributed by atoms with Crippen LogP contribution >= 0.6 is 11.6 Å². The van der Waals surface area contributed by atoms with Gasteiger partial charge in [-0.25, -0.2) is 0 Å². The van der Waals surface area contributed by atoms with Gasteiger partial charge in [-0.05, 0) is 25.6 Å². The zero-order valence-corrected chi connectivity index (χ0v) is 10.1. The zero-order chi connectivity index (χ0) is 12.3. The van der Waals surface area contributed by atoms with E-state index < -0.39 is 12.2 Å². The van der Waals surface area contributed by atoms with Gasteiger partial charge < -0.3 is 21.3 Å². The van der Waals surface area contributed by atoms with Crippen LogP contribution in [0, 0.1) is 6.92 Å². The predicted molar refractivity (Wildman–Crippen MR) is 65.5 cm³/mol. The van der Waals surface area contributed by atoms with Crippen molar-refractivity contribution in [3.8, 4) is 0 Å². The molecule has 0 heterocycles. The van der Waals surface area contributed by atoms with Crippen LogP contribution in [0.1, 0.15) is 17.2 Å². The standard InChI is InChI=1S/C11H17ClN2O2/c1-6-8(13)4-3-7(10(6)12)11(16)9(15)5-14-2/h3-4,9,11,14-16H,5,13H2,1-2H3. The molecular formula is C11H17ClN2O2. The summed E-state index contributed by atoms with van der Waals surface area (Å²) in [6, 6.07) is 3.31. The number of nitrogen functional groups attached to an aromatic ring is 1. The van der Waals surface area contributed by atoms with E-state index >= 15 is 0 Å². The van der Waals surface area contributed by atoms with E-state index in [2.05, 4.69) is 5.32 Å². The van der Waals surface area contributed by atoms with Gasteiger partial charge in [-0.3, -0.25) is 0 Å². The van der Waals surface area contributed by atoms with Crippen molar-refractivity contribution < 1.29 is 10.2 Å². The molecule has 16 heavy (non-hydrogen) atoms. The van der Waals surface area contributed by atoms with Crippen LogP contribution in [0.5, 0.6) is 0 Å². The summed E-state index contributed by atoms with van der Waals surface area (Å²) < 4.78 is 0. The van der Waals surface area contributed by atoms with Crippen LogP contribution in [0.25, 0.3) is 0 Å². The van der Waals surface area contributed by atoms with Crippen LogP contribution in [-0.4, -0.2) is 29.9 Å². The summed E-state index contributed by atoms with van der Waals surface area (Å²) in [6.07, 6.45) is -1.91. The van der Waals surface area contributed by atoms with Crippen molar-refractivity contribution in [1.29, 1.82) is 0 Å². The number of hydrogen-bond acceptors (Lipinski definition) is 4. The fourth-order valence-electron chi connectivity index (χ4n) is 1.48. The Morgan fingerprint density at radius 1 is 1.44 bits per heavy atom. The van der Waals surface area contributed by atoms with Crippen LogP contribution in [0.2, 0.25) is 5.02 Å². The van der Waals surface area contributed by atoms with Gasteiger partial charge in [0.25, 0.3) is 0 Å². The molecule has 0 spiro atoms. The van der Waals surface area contributed by atoms with E-state index in [0.717, 1.165) is 5.56 Å². The second kappa shape index (κ2) is 5.50. The monoisotopic (exact) mass is 244 g/mol. The lowest BCUT2D eigenvalue weighted by Gasteiger charge is -2.20. The van der Waals surface area contributed by atoms with E-state index in [0.29, 0.717) is 22.8 Å². The average molecular weight is 245 g/mol. The Morgan fingerprint density at radius 2 is 2.06 bits per heavy atom. The average Bonchev–Trinajstić information content (AvgIpc) is 2.26. The van der Waals surface area contributed by atoms with Crippen molar-refractivity contribution in [2.45, 2.75) is 19.1 Å². The molecule has 1 rings (SSSR count). The molecule has 5 heteroatoms. The lowest BCUT2D eigenvalue weighted by molar-refractivity contribution is 0.0203. The number of nitrogens with one attached hydrogen (secondary N) is 1. The fourth-order valence-corrected chi connectivity index (χ4v) is 1.76. The van der Waals surface area contributed by atoms with Crippen LogP contribution < -0.4 is 11.1 Å². The SMILES string of the molecule is CNCC(O)C(O)c1ccc(N)c(C)c1Cl. The quantitative estimate of drug-likeness (QED) is 0.592. The summed E-state index contributed by atoms with van der Waals surface area (Å²) in [5, 5.41) is 22.7. The molecule has 0 saturated heterocycles. The molecule has 0 aromatic heterocycles. The Bertz CT molecular complexity index is 371. The fraction of sp³-hybridized carbons (Fsp3) is 0.455. The smallest absolute Gasteiger partial charge is 0.108 e. The van der Waals surface area contributed by atoms with Crippen LogP contribution in [0.15, 0.2) is 12.1 Å². The summed E-state index contributed by atoms with van der Waals surface area (Å²) in [5.41, 5.74) is 7.47. The highest BCUT2D eigenvalue weighted by atomic mass is 35.5. The van der Waals surface area contributed by atoms with E-state index in [-0.39, 0.29) is 0 Å². The van der Waals surface area contributed by atoms with E-state index in [1.54, 1.807) is 26.1 Å². The molecule has 0 aliphatic carbocycles. The maximum Gasteiger partial charge on any atom is 0.108 e. The Kier molecular flexibility index (Phi) is 4.56. The van der Waals surface area contributed by atoms with Gasteiger partial charge in [0, 0.05) is 17.8 Å². The topological polar surface area (TPSA) is 78.5 Å². The van der Waals surface area contributed by atoms with E-state index in [1.165, 1.54) is 0 Å². The number of aliphatic hydroxyl groups is 2. The van der Waals surface area contributed by atoms with Crippen LogP contribution in [-0.2, 0) is 0 Å². The first-order chi connectivity index (χ1) is 7.49. The number of hydrogen-bond donors (Lipinski definition) is 4. The molecule has 2 unspecified atom stereocenters. The highest BCUT2D eigenvalue weighted by Crippen LogP contribution is 2.31. The summed E-state index contributed by atoms with van der Waals surface area (Å²) in [5.74, 6) is 0. The molecule has 1 aromatic carbocycles. The second-order valence-corrected chi connectivity index (χ2v) is 4.13. The van der Waals surface area contributed by atoms with Gasteiger partial charge >= 0.3 is 0 Å². The third-order valence-electron chi connectivity index (χ3n) is 2.55. The van der Waals surface area contributed by atoms with Gasteiger partial charge in [-0.15, -0.1) is 0 Å². The Hall–Kier alpha value is -0.810. The van der Waals surface area contributed by atoms with Gasteiger partial charge in [0.2, 0.25) is 0 Å². The summed E-state index contributed by atoms with van der Waals surface area (Å²) in [4.78, 5) is 0. The summed E-state index contributed by atoms with van der Waals surface area (Å²) in [7, 11) is 1.70. The second-order valence-electron chi connectivity index (χ2n) is 3.75. The highest BCUT2D eigenvalue weighted by Gasteiger charge is 2.21. The number of aliphatic hydroxyl groups excluding tert-OH is 2. The Morgan fingerprint density at radius 3 is 2.62 bits per heavy atom. The largest absolute Gasteiger partial charge is 0.398 e. The molecule has 0 radical (unpaired) electrons. The van der Waals surface area contributed by atoms with Gasteiger partial charge in [-0.1, -0.05) is 17.7 Å². The molecule has 0 fully saturated rings. The van der Waals surface area contributed by atoms with Crippen LogP contribution in [0.4, 0.5) is 5.69 Å². The lowest BCUT2D eigenvalue weighted by Crippen LogP contribution is -2.29. The van der Waals surface area contributed by atoms with Crippen LogP contribution in [0.3, 0.4) is 0 Å². The first-order valence-corrected chi connectivity index (χ1v) is 5.42.